The molecule has 0 radical (unpaired) electrons. The van der Waals surface area contributed by atoms with Gasteiger partial charge in [0, 0.05) is 12.5 Å². The number of carboxylic acids is 1. The van der Waals surface area contributed by atoms with Crippen molar-refractivity contribution in [3.05, 3.63) is 23.3 Å². The molecule has 1 rings (SSSR count). The van der Waals surface area contributed by atoms with E-state index in [1.165, 1.54) is 6.07 Å². The summed E-state index contributed by atoms with van der Waals surface area (Å²) in [7, 11) is 0. The van der Waals surface area contributed by atoms with Gasteiger partial charge < -0.3 is 15.3 Å². The second-order valence-electron chi connectivity index (χ2n) is 3.36. The van der Waals surface area contributed by atoms with Gasteiger partial charge in [0.25, 0.3) is 0 Å². The van der Waals surface area contributed by atoms with Crippen molar-refractivity contribution in [1.29, 1.82) is 0 Å². The van der Waals surface area contributed by atoms with Crippen LogP contribution in [0.15, 0.2) is 12.1 Å². The SMILES string of the molecule is CCc1cc(CCC(=O)O)c(O)cc1O. The van der Waals surface area contributed by atoms with Crippen molar-refractivity contribution in [1.82, 2.24) is 0 Å². The first-order chi connectivity index (χ1) is 7.04. The van der Waals surface area contributed by atoms with Crippen molar-refractivity contribution < 1.29 is 20.1 Å². The molecular weight excluding hydrogens is 196 g/mol. The number of benzene rings is 1. The maximum Gasteiger partial charge on any atom is 0.303 e. The van der Waals surface area contributed by atoms with Crippen LogP contribution in [0.4, 0.5) is 0 Å². The fourth-order valence-electron chi connectivity index (χ4n) is 1.40. The first kappa shape index (κ1) is 11.4. The van der Waals surface area contributed by atoms with Crippen molar-refractivity contribution in [3.63, 3.8) is 0 Å². The minimum absolute atomic E-state index is 0.0263. The minimum atomic E-state index is -0.902. The Morgan fingerprint density at radius 1 is 1.20 bits per heavy atom. The van der Waals surface area contributed by atoms with E-state index in [1.807, 2.05) is 6.92 Å². The lowest BCUT2D eigenvalue weighted by Crippen LogP contribution is -1.98. The molecule has 0 saturated carbocycles. The van der Waals surface area contributed by atoms with E-state index in [0.29, 0.717) is 17.5 Å². The maximum atomic E-state index is 10.4. The molecule has 4 heteroatoms. The van der Waals surface area contributed by atoms with Gasteiger partial charge in [-0.25, -0.2) is 0 Å². The average Bonchev–Trinajstić information content (AvgIpc) is 2.16. The van der Waals surface area contributed by atoms with Crippen LogP contribution in [0.5, 0.6) is 11.5 Å². The Hall–Kier alpha value is -1.71. The normalized spacial score (nSPS) is 10.2. The molecule has 15 heavy (non-hydrogen) atoms. The van der Waals surface area contributed by atoms with E-state index in [2.05, 4.69) is 0 Å². The second-order valence-corrected chi connectivity index (χ2v) is 3.36. The van der Waals surface area contributed by atoms with Crippen LogP contribution in [0.25, 0.3) is 0 Å². The van der Waals surface area contributed by atoms with Crippen molar-refractivity contribution in [3.8, 4) is 11.5 Å². The largest absolute Gasteiger partial charge is 0.508 e. The van der Waals surface area contributed by atoms with Gasteiger partial charge in [0.2, 0.25) is 0 Å². The van der Waals surface area contributed by atoms with Crippen molar-refractivity contribution in [2.75, 3.05) is 0 Å². The number of aromatic hydroxyl groups is 2. The number of hydrogen-bond acceptors (Lipinski definition) is 3. The second kappa shape index (κ2) is 4.68. The molecule has 0 saturated heterocycles. The lowest BCUT2D eigenvalue weighted by molar-refractivity contribution is -0.136. The van der Waals surface area contributed by atoms with Crippen LogP contribution in [0.2, 0.25) is 0 Å². The molecule has 0 aliphatic heterocycles. The Morgan fingerprint density at radius 3 is 2.33 bits per heavy atom. The number of aryl methyl sites for hydroxylation is 2. The molecule has 0 spiro atoms. The van der Waals surface area contributed by atoms with E-state index >= 15 is 0 Å². The van der Waals surface area contributed by atoms with Gasteiger partial charge in [-0.3, -0.25) is 4.79 Å². The van der Waals surface area contributed by atoms with E-state index in [-0.39, 0.29) is 24.3 Å². The van der Waals surface area contributed by atoms with Gasteiger partial charge in [-0.1, -0.05) is 6.92 Å². The Morgan fingerprint density at radius 2 is 1.80 bits per heavy atom. The molecule has 0 atom stereocenters. The van der Waals surface area contributed by atoms with Gasteiger partial charge in [-0.05, 0) is 30.0 Å². The summed E-state index contributed by atoms with van der Waals surface area (Å²) >= 11 is 0. The predicted octanol–water partition coefficient (Wildman–Crippen LogP) is 1.68. The molecule has 0 aromatic heterocycles. The number of phenolic OH excluding ortho intramolecular Hbond substituents is 2. The zero-order chi connectivity index (χ0) is 11.4. The highest BCUT2D eigenvalue weighted by molar-refractivity contribution is 5.67. The fraction of sp³-hybridized carbons (Fsp3) is 0.364. The van der Waals surface area contributed by atoms with Crippen LogP contribution in [0.3, 0.4) is 0 Å². The summed E-state index contributed by atoms with van der Waals surface area (Å²) in [5.74, 6) is -0.902. The third-order valence-electron chi connectivity index (χ3n) is 2.27. The molecule has 3 N–H and O–H groups in total. The van der Waals surface area contributed by atoms with Crippen LogP contribution >= 0.6 is 0 Å². The fourth-order valence-corrected chi connectivity index (χ4v) is 1.40. The predicted molar refractivity (Wildman–Crippen MR) is 55.1 cm³/mol. The lowest BCUT2D eigenvalue weighted by atomic mass is 10.0. The number of rotatable bonds is 4. The van der Waals surface area contributed by atoms with Gasteiger partial charge in [0.05, 0.1) is 0 Å². The monoisotopic (exact) mass is 210 g/mol. The van der Waals surface area contributed by atoms with Crippen molar-refractivity contribution >= 4 is 5.97 Å². The van der Waals surface area contributed by atoms with Crippen LogP contribution in [0, 0.1) is 0 Å². The number of hydrogen-bond donors (Lipinski definition) is 3. The summed E-state index contributed by atoms with van der Waals surface area (Å²) in [5, 5.41) is 27.4. The molecule has 0 unspecified atom stereocenters. The molecule has 1 aromatic carbocycles. The van der Waals surface area contributed by atoms with Gasteiger partial charge in [-0.15, -0.1) is 0 Å². The maximum absolute atomic E-state index is 10.4. The standard InChI is InChI=1S/C11H14O4/c1-2-7-5-8(3-4-11(14)15)10(13)6-9(7)12/h5-6,12-13H,2-4H2,1H3,(H,14,15). The Kier molecular flexibility index (Phi) is 3.55. The molecular formula is C11H14O4. The topological polar surface area (TPSA) is 77.8 Å². The number of carbonyl (C=O) groups is 1. The number of phenols is 2. The highest BCUT2D eigenvalue weighted by atomic mass is 16.4. The van der Waals surface area contributed by atoms with Crippen LogP contribution < -0.4 is 0 Å². The van der Waals surface area contributed by atoms with E-state index in [4.69, 9.17) is 5.11 Å². The zero-order valence-electron chi connectivity index (χ0n) is 8.53. The van der Waals surface area contributed by atoms with Crippen LogP contribution in [0.1, 0.15) is 24.5 Å². The van der Waals surface area contributed by atoms with E-state index in [9.17, 15) is 15.0 Å². The lowest BCUT2D eigenvalue weighted by Gasteiger charge is -2.07. The molecule has 0 aliphatic rings. The summed E-state index contributed by atoms with van der Waals surface area (Å²) in [6, 6.07) is 2.91. The number of aliphatic carboxylic acids is 1. The third-order valence-corrected chi connectivity index (χ3v) is 2.27. The van der Waals surface area contributed by atoms with Crippen molar-refractivity contribution in [2.45, 2.75) is 26.2 Å². The van der Waals surface area contributed by atoms with Gasteiger partial charge in [0.15, 0.2) is 0 Å². The molecule has 0 amide bonds. The summed E-state index contributed by atoms with van der Waals surface area (Å²) in [6.07, 6.45) is 0.891. The smallest absolute Gasteiger partial charge is 0.303 e. The summed E-state index contributed by atoms with van der Waals surface area (Å²) in [6.45, 7) is 1.88. The third kappa shape index (κ3) is 2.87. The summed E-state index contributed by atoms with van der Waals surface area (Å²) < 4.78 is 0. The van der Waals surface area contributed by atoms with E-state index in [0.717, 1.165) is 0 Å². The molecule has 4 nitrogen and oxygen atoms in total. The van der Waals surface area contributed by atoms with Gasteiger partial charge in [0.1, 0.15) is 11.5 Å². The van der Waals surface area contributed by atoms with Crippen LogP contribution in [-0.4, -0.2) is 21.3 Å². The van der Waals surface area contributed by atoms with Crippen LogP contribution in [-0.2, 0) is 17.6 Å². The molecule has 0 aliphatic carbocycles. The first-order valence-electron chi connectivity index (χ1n) is 4.80. The van der Waals surface area contributed by atoms with Gasteiger partial charge >= 0.3 is 5.97 Å². The van der Waals surface area contributed by atoms with E-state index in [1.54, 1.807) is 6.07 Å². The molecule has 82 valence electrons. The summed E-state index contributed by atoms with van der Waals surface area (Å²) in [5.41, 5.74) is 1.28. The first-order valence-corrected chi connectivity index (χ1v) is 4.80. The van der Waals surface area contributed by atoms with Gasteiger partial charge in [-0.2, -0.15) is 0 Å². The van der Waals surface area contributed by atoms with Crippen molar-refractivity contribution in [2.24, 2.45) is 0 Å². The Bertz CT molecular complexity index is 371. The van der Waals surface area contributed by atoms with E-state index < -0.39 is 5.97 Å². The zero-order valence-corrected chi connectivity index (χ0v) is 8.53. The summed E-state index contributed by atoms with van der Waals surface area (Å²) in [4.78, 5) is 10.4. The highest BCUT2D eigenvalue weighted by Crippen LogP contribution is 2.28. The quantitative estimate of drug-likeness (QED) is 0.706. The Labute approximate surface area is 87.8 Å². The molecule has 0 heterocycles. The molecule has 0 bridgehead atoms. The molecule has 1 aromatic rings. The minimum Gasteiger partial charge on any atom is -0.508 e. The Balaban J connectivity index is 2.92. The number of carboxylic acid groups (broad SMARTS) is 1. The average molecular weight is 210 g/mol. The highest BCUT2D eigenvalue weighted by Gasteiger charge is 2.08. The molecule has 0 fully saturated rings.